The molecule has 21 heavy (non-hydrogen) atoms. The van der Waals surface area contributed by atoms with E-state index in [-0.39, 0.29) is 0 Å². The van der Waals surface area contributed by atoms with Crippen LogP contribution in [0.1, 0.15) is 46.0 Å². The molecule has 0 aromatic rings. The van der Waals surface area contributed by atoms with Crippen LogP contribution in [0.4, 0.5) is 0 Å². The standard InChI is InChI=1S/C17H36N2O2/c1-4-20-13-11-19(12-14-21-5-2)15-16-9-7-6-8-10-17(16)18-3/h16-18H,4-15H2,1-3H3. The van der Waals surface area contributed by atoms with E-state index in [0.717, 1.165) is 45.4 Å². The highest BCUT2D eigenvalue weighted by Crippen LogP contribution is 2.24. The summed E-state index contributed by atoms with van der Waals surface area (Å²) in [4.78, 5) is 2.53. The first-order valence-corrected chi connectivity index (χ1v) is 8.86. The van der Waals surface area contributed by atoms with Crippen molar-refractivity contribution in [3.05, 3.63) is 0 Å². The van der Waals surface area contributed by atoms with E-state index in [1.54, 1.807) is 0 Å². The molecule has 1 N–H and O–H groups in total. The van der Waals surface area contributed by atoms with Crippen molar-refractivity contribution in [1.29, 1.82) is 0 Å². The van der Waals surface area contributed by atoms with Crippen molar-refractivity contribution in [2.75, 3.05) is 53.1 Å². The highest BCUT2D eigenvalue weighted by Gasteiger charge is 2.24. The van der Waals surface area contributed by atoms with E-state index < -0.39 is 0 Å². The van der Waals surface area contributed by atoms with Gasteiger partial charge in [0.1, 0.15) is 0 Å². The Labute approximate surface area is 131 Å². The summed E-state index contributed by atoms with van der Waals surface area (Å²) in [5.41, 5.74) is 0. The van der Waals surface area contributed by atoms with Gasteiger partial charge >= 0.3 is 0 Å². The van der Waals surface area contributed by atoms with E-state index in [1.165, 1.54) is 38.6 Å². The summed E-state index contributed by atoms with van der Waals surface area (Å²) in [7, 11) is 2.12. The van der Waals surface area contributed by atoms with Crippen LogP contribution in [0.3, 0.4) is 0 Å². The molecule has 0 amide bonds. The first-order valence-electron chi connectivity index (χ1n) is 8.86. The second kappa shape index (κ2) is 12.4. The van der Waals surface area contributed by atoms with Crippen molar-refractivity contribution in [1.82, 2.24) is 10.2 Å². The van der Waals surface area contributed by atoms with E-state index in [2.05, 4.69) is 31.1 Å². The minimum Gasteiger partial charge on any atom is -0.380 e. The topological polar surface area (TPSA) is 33.7 Å². The van der Waals surface area contributed by atoms with Gasteiger partial charge in [-0.15, -0.1) is 0 Å². The Kier molecular flexibility index (Phi) is 11.1. The maximum Gasteiger partial charge on any atom is 0.0593 e. The lowest BCUT2D eigenvalue weighted by molar-refractivity contribution is 0.0714. The molecule has 4 nitrogen and oxygen atoms in total. The van der Waals surface area contributed by atoms with E-state index in [9.17, 15) is 0 Å². The van der Waals surface area contributed by atoms with Gasteiger partial charge in [0.2, 0.25) is 0 Å². The lowest BCUT2D eigenvalue weighted by atomic mass is 9.94. The Bertz CT molecular complexity index is 229. The lowest BCUT2D eigenvalue weighted by Gasteiger charge is -2.31. The Morgan fingerprint density at radius 1 is 0.952 bits per heavy atom. The zero-order valence-corrected chi connectivity index (χ0v) is 14.4. The molecule has 0 aromatic heterocycles. The molecular formula is C17H36N2O2. The van der Waals surface area contributed by atoms with Gasteiger partial charge in [0.05, 0.1) is 13.2 Å². The second-order valence-corrected chi connectivity index (χ2v) is 5.99. The smallest absolute Gasteiger partial charge is 0.0593 e. The zero-order chi connectivity index (χ0) is 15.3. The van der Waals surface area contributed by atoms with Crippen molar-refractivity contribution in [3.63, 3.8) is 0 Å². The summed E-state index contributed by atoms with van der Waals surface area (Å²) in [6.45, 7) is 10.6. The fourth-order valence-electron chi connectivity index (χ4n) is 3.29. The van der Waals surface area contributed by atoms with Crippen LogP contribution in [0.25, 0.3) is 0 Å². The van der Waals surface area contributed by atoms with Gasteiger partial charge in [0.15, 0.2) is 0 Å². The average molecular weight is 300 g/mol. The maximum absolute atomic E-state index is 5.54. The predicted octanol–water partition coefficient (Wildman–Crippen LogP) is 2.53. The summed E-state index contributed by atoms with van der Waals surface area (Å²) in [6, 6.07) is 0.675. The lowest BCUT2D eigenvalue weighted by Crippen LogP contribution is -2.42. The molecule has 1 rings (SSSR count). The quantitative estimate of drug-likeness (QED) is 0.470. The highest BCUT2D eigenvalue weighted by atomic mass is 16.5. The Hall–Kier alpha value is -0.160. The fraction of sp³-hybridized carbons (Fsp3) is 1.00. The van der Waals surface area contributed by atoms with Crippen molar-refractivity contribution in [3.8, 4) is 0 Å². The van der Waals surface area contributed by atoms with Crippen molar-refractivity contribution in [2.24, 2.45) is 5.92 Å². The highest BCUT2D eigenvalue weighted by molar-refractivity contribution is 4.81. The zero-order valence-electron chi connectivity index (χ0n) is 14.4. The van der Waals surface area contributed by atoms with E-state index in [0.29, 0.717) is 6.04 Å². The van der Waals surface area contributed by atoms with Gasteiger partial charge in [-0.3, -0.25) is 4.90 Å². The number of ether oxygens (including phenoxy) is 2. The van der Waals surface area contributed by atoms with Crippen LogP contribution in [0.5, 0.6) is 0 Å². The summed E-state index contributed by atoms with van der Waals surface area (Å²) in [6.07, 6.45) is 6.83. The van der Waals surface area contributed by atoms with Gasteiger partial charge in [-0.1, -0.05) is 19.3 Å². The molecule has 0 heterocycles. The van der Waals surface area contributed by atoms with Crippen LogP contribution in [-0.4, -0.2) is 64.1 Å². The Balaban J connectivity index is 2.45. The van der Waals surface area contributed by atoms with Crippen LogP contribution in [-0.2, 0) is 9.47 Å². The van der Waals surface area contributed by atoms with Gasteiger partial charge in [-0.25, -0.2) is 0 Å². The van der Waals surface area contributed by atoms with E-state index in [4.69, 9.17) is 9.47 Å². The molecule has 126 valence electrons. The number of nitrogens with one attached hydrogen (secondary N) is 1. The van der Waals surface area contributed by atoms with Gasteiger partial charge in [0, 0.05) is 38.9 Å². The number of hydrogen-bond acceptors (Lipinski definition) is 4. The number of hydrogen-bond donors (Lipinski definition) is 1. The van der Waals surface area contributed by atoms with Gasteiger partial charge in [0.25, 0.3) is 0 Å². The molecule has 1 fully saturated rings. The molecule has 0 aromatic carbocycles. The van der Waals surface area contributed by atoms with Crippen molar-refractivity contribution < 1.29 is 9.47 Å². The van der Waals surface area contributed by atoms with Crippen molar-refractivity contribution in [2.45, 2.75) is 52.0 Å². The normalized spacial score (nSPS) is 23.4. The van der Waals surface area contributed by atoms with Gasteiger partial charge < -0.3 is 14.8 Å². The van der Waals surface area contributed by atoms with E-state index in [1.807, 2.05) is 0 Å². The molecule has 0 spiro atoms. The Morgan fingerprint density at radius 3 is 2.14 bits per heavy atom. The summed E-state index contributed by atoms with van der Waals surface area (Å²) >= 11 is 0. The molecule has 0 bridgehead atoms. The molecule has 0 aliphatic heterocycles. The van der Waals surface area contributed by atoms with Crippen molar-refractivity contribution >= 4 is 0 Å². The molecule has 0 saturated heterocycles. The largest absolute Gasteiger partial charge is 0.380 e. The SMILES string of the molecule is CCOCCN(CCOCC)CC1CCCCCC1NC. The van der Waals surface area contributed by atoms with Gasteiger partial charge in [-0.05, 0) is 39.7 Å². The van der Waals surface area contributed by atoms with Crippen LogP contribution in [0.15, 0.2) is 0 Å². The van der Waals surface area contributed by atoms with Crippen LogP contribution < -0.4 is 5.32 Å². The monoisotopic (exact) mass is 300 g/mol. The number of rotatable bonds is 11. The molecule has 1 aliphatic carbocycles. The summed E-state index contributed by atoms with van der Waals surface area (Å²) in [5.74, 6) is 0.765. The molecule has 2 atom stereocenters. The van der Waals surface area contributed by atoms with E-state index >= 15 is 0 Å². The molecule has 4 heteroatoms. The maximum atomic E-state index is 5.54. The minimum absolute atomic E-state index is 0.675. The van der Waals surface area contributed by atoms with Crippen LogP contribution in [0.2, 0.25) is 0 Å². The minimum atomic E-state index is 0.675. The predicted molar refractivity (Wildman–Crippen MR) is 88.8 cm³/mol. The number of nitrogens with zero attached hydrogens (tertiary/aromatic N) is 1. The molecule has 2 unspecified atom stereocenters. The summed E-state index contributed by atoms with van der Waals surface area (Å²) in [5, 5.41) is 3.54. The third-order valence-electron chi connectivity index (χ3n) is 4.53. The average Bonchev–Trinajstić information content (AvgIpc) is 2.72. The first kappa shape index (κ1) is 18.9. The molecule has 1 saturated carbocycles. The van der Waals surface area contributed by atoms with Crippen LogP contribution >= 0.6 is 0 Å². The third kappa shape index (κ3) is 8.15. The van der Waals surface area contributed by atoms with Gasteiger partial charge in [-0.2, -0.15) is 0 Å². The molecular weight excluding hydrogens is 264 g/mol. The van der Waals surface area contributed by atoms with Crippen LogP contribution in [0, 0.1) is 5.92 Å². The second-order valence-electron chi connectivity index (χ2n) is 5.99. The first-order chi connectivity index (χ1) is 10.3. The molecule has 1 aliphatic rings. The Morgan fingerprint density at radius 2 is 1.57 bits per heavy atom. The summed E-state index contributed by atoms with van der Waals surface area (Å²) < 4.78 is 11.1. The third-order valence-corrected chi connectivity index (χ3v) is 4.53. The fourth-order valence-corrected chi connectivity index (χ4v) is 3.29. The molecule has 0 radical (unpaired) electrons.